The van der Waals surface area contributed by atoms with Crippen molar-refractivity contribution in [2.75, 3.05) is 13.1 Å². The van der Waals surface area contributed by atoms with Crippen molar-refractivity contribution in [3.63, 3.8) is 0 Å². The molecule has 0 saturated carbocycles. The van der Waals surface area contributed by atoms with Gasteiger partial charge in [-0.05, 0) is 53.1 Å². The highest BCUT2D eigenvalue weighted by Gasteiger charge is 2.18. The minimum atomic E-state index is 0.523. The fourth-order valence-electron chi connectivity index (χ4n) is 2.71. The van der Waals surface area contributed by atoms with E-state index in [-0.39, 0.29) is 0 Å². The first-order valence-electron chi connectivity index (χ1n) is 6.94. The zero-order valence-electron chi connectivity index (χ0n) is 11.4. The molecule has 1 atom stereocenters. The monoisotopic (exact) mass is 235 g/mol. The molecule has 1 aromatic heterocycles. The van der Waals surface area contributed by atoms with E-state index in [0.717, 1.165) is 6.42 Å². The summed E-state index contributed by atoms with van der Waals surface area (Å²) in [7, 11) is 0. The third-order valence-electron chi connectivity index (χ3n) is 3.85. The molecule has 0 bridgehead atoms. The molecule has 1 aliphatic heterocycles. The van der Waals surface area contributed by atoms with Gasteiger partial charge in [-0.2, -0.15) is 0 Å². The quantitative estimate of drug-likeness (QED) is 0.782. The molecule has 0 N–H and O–H groups in total. The Morgan fingerprint density at radius 2 is 1.94 bits per heavy atom. The van der Waals surface area contributed by atoms with Crippen LogP contribution in [0.2, 0.25) is 0 Å². The lowest BCUT2D eigenvalue weighted by Crippen LogP contribution is -2.30. The van der Waals surface area contributed by atoms with E-state index in [2.05, 4.69) is 41.4 Å². The molecule has 0 aliphatic carbocycles. The number of likely N-dealkylation sites (tertiary alicyclic amines) is 1. The van der Waals surface area contributed by atoms with Gasteiger partial charge in [-0.3, -0.25) is 0 Å². The van der Waals surface area contributed by atoms with Gasteiger partial charge in [0.25, 0.3) is 0 Å². The van der Waals surface area contributed by atoms with Crippen LogP contribution in [0.5, 0.6) is 0 Å². The summed E-state index contributed by atoms with van der Waals surface area (Å²) in [5.41, 5.74) is 0. The average Bonchev–Trinajstić information content (AvgIpc) is 2.96. The molecule has 1 unspecified atom stereocenters. The number of hydrogen-bond acceptors (Lipinski definition) is 2. The van der Waals surface area contributed by atoms with Gasteiger partial charge in [-0.1, -0.05) is 0 Å². The summed E-state index contributed by atoms with van der Waals surface area (Å²) in [6.07, 6.45) is 9.11. The summed E-state index contributed by atoms with van der Waals surface area (Å²) in [6, 6.07) is 1.23. The van der Waals surface area contributed by atoms with Gasteiger partial charge in [-0.15, -0.1) is 0 Å². The number of rotatable bonds is 5. The van der Waals surface area contributed by atoms with Gasteiger partial charge >= 0.3 is 0 Å². The summed E-state index contributed by atoms with van der Waals surface area (Å²) in [5, 5.41) is 0. The first-order valence-corrected chi connectivity index (χ1v) is 6.94. The van der Waals surface area contributed by atoms with Crippen LogP contribution in [0.3, 0.4) is 0 Å². The molecule has 17 heavy (non-hydrogen) atoms. The zero-order valence-corrected chi connectivity index (χ0v) is 11.4. The number of aryl methyl sites for hydroxylation is 1. The Labute approximate surface area is 105 Å². The van der Waals surface area contributed by atoms with E-state index >= 15 is 0 Å². The van der Waals surface area contributed by atoms with E-state index in [1.165, 1.54) is 38.2 Å². The first kappa shape index (κ1) is 12.6. The highest BCUT2D eigenvalue weighted by Crippen LogP contribution is 2.16. The maximum absolute atomic E-state index is 4.48. The van der Waals surface area contributed by atoms with Gasteiger partial charge in [0.2, 0.25) is 0 Å². The van der Waals surface area contributed by atoms with Gasteiger partial charge in [-0.25, -0.2) is 4.98 Å². The highest BCUT2D eigenvalue weighted by atomic mass is 15.2. The molecule has 96 valence electrons. The smallest absolute Gasteiger partial charge is 0.108 e. The highest BCUT2D eigenvalue weighted by molar-refractivity contribution is 4.95. The molecule has 1 saturated heterocycles. The Hall–Kier alpha value is -0.830. The Kier molecular flexibility index (Phi) is 4.21. The molecule has 0 radical (unpaired) electrons. The van der Waals surface area contributed by atoms with Crippen LogP contribution in [-0.2, 0) is 6.42 Å². The van der Waals surface area contributed by atoms with Gasteiger partial charge < -0.3 is 9.47 Å². The number of aromatic nitrogens is 2. The Balaban J connectivity index is 1.86. The van der Waals surface area contributed by atoms with Gasteiger partial charge in [0.1, 0.15) is 5.82 Å². The van der Waals surface area contributed by atoms with Crippen molar-refractivity contribution in [3.05, 3.63) is 18.2 Å². The number of hydrogen-bond donors (Lipinski definition) is 0. The van der Waals surface area contributed by atoms with Crippen LogP contribution in [0.15, 0.2) is 12.4 Å². The third-order valence-corrected chi connectivity index (χ3v) is 3.85. The average molecular weight is 235 g/mol. The molecular weight excluding hydrogens is 210 g/mol. The molecule has 0 spiro atoms. The van der Waals surface area contributed by atoms with Crippen molar-refractivity contribution in [1.82, 2.24) is 14.5 Å². The van der Waals surface area contributed by atoms with Crippen LogP contribution in [0.4, 0.5) is 0 Å². The van der Waals surface area contributed by atoms with Crippen molar-refractivity contribution in [2.24, 2.45) is 0 Å². The predicted molar refractivity (Wildman–Crippen MR) is 71.2 cm³/mol. The van der Waals surface area contributed by atoms with Crippen molar-refractivity contribution < 1.29 is 0 Å². The van der Waals surface area contributed by atoms with Crippen molar-refractivity contribution in [3.8, 4) is 0 Å². The topological polar surface area (TPSA) is 21.1 Å². The molecule has 0 aromatic carbocycles. The van der Waals surface area contributed by atoms with E-state index in [1.807, 2.05) is 6.20 Å². The summed E-state index contributed by atoms with van der Waals surface area (Å²) < 4.78 is 2.29. The second-order valence-corrected chi connectivity index (χ2v) is 5.48. The zero-order chi connectivity index (χ0) is 12.3. The molecule has 1 fully saturated rings. The first-order chi connectivity index (χ1) is 8.18. The van der Waals surface area contributed by atoms with Crippen molar-refractivity contribution >= 4 is 0 Å². The lowest BCUT2D eigenvalue weighted by molar-refractivity contribution is 0.245. The second kappa shape index (κ2) is 5.67. The molecular formula is C14H25N3. The van der Waals surface area contributed by atoms with Crippen LogP contribution in [0, 0.1) is 0 Å². The van der Waals surface area contributed by atoms with Crippen LogP contribution < -0.4 is 0 Å². The molecule has 0 amide bonds. The summed E-state index contributed by atoms with van der Waals surface area (Å²) in [6.45, 7) is 9.37. The minimum Gasteiger partial charge on any atom is -0.332 e. The van der Waals surface area contributed by atoms with E-state index < -0.39 is 0 Å². The van der Waals surface area contributed by atoms with Crippen LogP contribution >= 0.6 is 0 Å². The van der Waals surface area contributed by atoms with Gasteiger partial charge in [0.15, 0.2) is 0 Å². The molecule has 1 aliphatic rings. The lowest BCUT2D eigenvalue weighted by atomic mass is 10.1. The van der Waals surface area contributed by atoms with E-state index in [1.54, 1.807) is 0 Å². The number of imidazole rings is 1. The van der Waals surface area contributed by atoms with E-state index in [4.69, 9.17) is 0 Å². The van der Waals surface area contributed by atoms with Crippen molar-refractivity contribution in [2.45, 2.75) is 58.5 Å². The third kappa shape index (κ3) is 3.09. The number of nitrogens with zero attached hydrogens (tertiary/aromatic N) is 3. The van der Waals surface area contributed by atoms with E-state index in [9.17, 15) is 0 Å². The van der Waals surface area contributed by atoms with Gasteiger partial charge in [0.05, 0.1) is 0 Å². The maximum atomic E-state index is 4.48. The molecule has 3 heteroatoms. The normalized spacial score (nSPS) is 19.1. The Morgan fingerprint density at radius 3 is 2.59 bits per heavy atom. The SMILES string of the molecule is CC(CCc1nccn1C(C)C)N1CCCC1. The maximum Gasteiger partial charge on any atom is 0.108 e. The summed E-state index contributed by atoms with van der Waals surface area (Å²) >= 11 is 0. The minimum absolute atomic E-state index is 0.523. The fourth-order valence-corrected chi connectivity index (χ4v) is 2.71. The van der Waals surface area contributed by atoms with Crippen molar-refractivity contribution in [1.29, 1.82) is 0 Å². The Bertz CT molecular complexity index is 337. The fraction of sp³-hybridized carbons (Fsp3) is 0.786. The largest absolute Gasteiger partial charge is 0.332 e. The van der Waals surface area contributed by atoms with Crippen LogP contribution in [0.25, 0.3) is 0 Å². The molecule has 2 rings (SSSR count). The second-order valence-electron chi connectivity index (χ2n) is 5.48. The summed E-state index contributed by atoms with van der Waals surface area (Å²) in [4.78, 5) is 7.09. The Morgan fingerprint density at radius 1 is 1.24 bits per heavy atom. The molecule has 1 aromatic rings. The molecule has 2 heterocycles. The lowest BCUT2D eigenvalue weighted by Gasteiger charge is -2.23. The van der Waals surface area contributed by atoms with Crippen LogP contribution in [0.1, 0.15) is 51.9 Å². The summed E-state index contributed by atoms with van der Waals surface area (Å²) in [5.74, 6) is 1.24. The van der Waals surface area contributed by atoms with Crippen LogP contribution in [-0.4, -0.2) is 33.6 Å². The van der Waals surface area contributed by atoms with Gasteiger partial charge in [0, 0.05) is 30.9 Å². The van der Waals surface area contributed by atoms with E-state index in [0.29, 0.717) is 12.1 Å². The predicted octanol–water partition coefficient (Wildman–Crippen LogP) is 2.88. The molecule has 3 nitrogen and oxygen atoms in total. The standard InChI is InChI=1S/C14H25N3/c1-12(2)17-11-8-15-14(17)7-6-13(3)16-9-4-5-10-16/h8,11-13H,4-7,9-10H2,1-3H3.